The normalized spacial score (nSPS) is 24.3. The van der Waals surface area contributed by atoms with Crippen molar-refractivity contribution in [1.82, 2.24) is 0 Å². The quantitative estimate of drug-likeness (QED) is 0.884. The molecule has 100 valence electrons. The molecule has 0 saturated carbocycles. The lowest BCUT2D eigenvalue weighted by Crippen LogP contribution is -2.45. The lowest BCUT2D eigenvalue weighted by molar-refractivity contribution is 0.383. The molecular weight excluding hydrogens is 220 g/mol. The molecule has 0 spiro atoms. The minimum absolute atomic E-state index is 0.380. The predicted octanol–water partition coefficient (Wildman–Crippen LogP) is 3.20. The van der Waals surface area contributed by atoms with Gasteiger partial charge in [0, 0.05) is 24.8 Å². The van der Waals surface area contributed by atoms with Crippen LogP contribution in [0.4, 0.5) is 5.69 Å². The second-order valence-electron chi connectivity index (χ2n) is 5.65. The first-order valence-electron chi connectivity index (χ1n) is 7.30. The highest BCUT2D eigenvalue weighted by Crippen LogP contribution is 2.23. The Bertz CT molecular complexity index is 358. The Morgan fingerprint density at radius 1 is 1.28 bits per heavy atom. The largest absolute Gasteiger partial charge is 0.371 e. The van der Waals surface area contributed by atoms with E-state index in [1.54, 1.807) is 0 Å². The molecule has 1 aliphatic heterocycles. The summed E-state index contributed by atoms with van der Waals surface area (Å²) in [6.45, 7) is 6.69. The lowest BCUT2D eigenvalue weighted by atomic mass is 9.94. The van der Waals surface area contributed by atoms with Gasteiger partial charge in [0.15, 0.2) is 0 Å². The summed E-state index contributed by atoms with van der Waals surface area (Å²) in [5.41, 5.74) is 8.89. The maximum absolute atomic E-state index is 6.07. The molecule has 2 N–H and O–H groups in total. The van der Waals surface area contributed by atoms with Gasteiger partial charge in [-0.1, -0.05) is 32.4 Å². The Morgan fingerprint density at radius 3 is 2.61 bits per heavy atom. The number of hydrogen-bond acceptors (Lipinski definition) is 2. The van der Waals surface area contributed by atoms with Crippen molar-refractivity contribution in [3.63, 3.8) is 0 Å². The van der Waals surface area contributed by atoms with E-state index in [0.717, 1.165) is 19.5 Å². The van der Waals surface area contributed by atoms with Crippen LogP contribution in [-0.2, 0) is 6.42 Å². The van der Waals surface area contributed by atoms with Crippen molar-refractivity contribution in [3.8, 4) is 0 Å². The van der Waals surface area contributed by atoms with Crippen LogP contribution in [0, 0.1) is 5.92 Å². The molecule has 2 atom stereocenters. The second-order valence-corrected chi connectivity index (χ2v) is 5.65. The van der Waals surface area contributed by atoms with Crippen molar-refractivity contribution in [2.45, 2.75) is 45.6 Å². The average molecular weight is 246 g/mol. The van der Waals surface area contributed by atoms with Gasteiger partial charge in [0.25, 0.3) is 0 Å². The predicted molar refractivity (Wildman–Crippen MR) is 79.0 cm³/mol. The maximum Gasteiger partial charge on any atom is 0.0366 e. The van der Waals surface area contributed by atoms with Crippen LogP contribution < -0.4 is 10.6 Å². The molecule has 18 heavy (non-hydrogen) atoms. The van der Waals surface area contributed by atoms with Crippen LogP contribution in [0.5, 0.6) is 0 Å². The Morgan fingerprint density at radius 2 is 2.00 bits per heavy atom. The summed E-state index contributed by atoms with van der Waals surface area (Å²) in [5.74, 6) is 0.596. The van der Waals surface area contributed by atoms with E-state index < -0.39 is 0 Å². The number of aryl methyl sites for hydroxylation is 1. The fourth-order valence-electron chi connectivity index (χ4n) is 2.65. The van der Waals surface area contributed by atoms with Gasteiger partial charge in [0.05, 0.1) is 0 Å². The molecule has 2 heteroatoms. The molecule has 2 rings (SSSR count). The Hall–Kier alpha value is -1.02. The summed E-state index contributed by atoms with van der Waals surface area (Å²) in [6, 6.07) is 9.49. The fourth-order valence-corrected chi connectivity index (χ4v) is 2.65. The maximum atomic E-state index is 6.07. The average Bonchev–Trinajstić information content (AvgIpc) is 2.40. The summed E-state index contributed by atoms with van der Waals surface area (Å²) in [5, 5.41) is 0. The van der Waals surface area contributed by atoms with Crippen molar-refractivity contribution in [2.24, 2.45) is 11.7 Å². The number of rotatable bonds is 4. The number of benzene rings is 1. The summed E-state index contributed by atoms with van der Waals surface area (Å²) < 4.78 is 0. The van der Waals surface area contributed by atoms with E-state index in [0.29, 0.717) is 12.0 Å². The summed E-state index contributed by atoms with van der Waals surface area (Å²) in [7, 11) is 0. The zero-order valence-corrected chi connectivity index (χ0v) is 11.7. The topological polar surface area (TPSA) is 29.3 Å². The van der Waals surface area contributed by atoms with Crippen molar-refractivity contribution in [1.29, 1.82) is 0 Å². The van der Waals surface area contributed by atoms with Crippen molar-refractivity contribution in [2.75, 3.05) is 18.0 Å². The van der Waals surface area contributed by atoms with E-state index in [2.05, 4.69) is 43.0 Å². The van der Waals surface area contributed by atoms with Gasteiger partial charge in [0.2, 0.25) is 0 Å². The zero-order valence-electron chi connectivity index (χ0n) is 11.7. The van der Waals surface area contributed by atoms with Crippen LogP contribution >= 0.6 is 0 Å². The summed E-state index contributed by atoms with van der Waals surface area (Å²) in [6.07, 6.45) is 4.87. The van der Waals surface area contributed by atoms with E-state index >= 15 is 0 Å². The Balaban J connectivity index is 1.97. The van der Waals surface area contributed by atoms with Gasteiger partial charge < -0.3 is 10.6 Å². The highest BCUT2D eigenvalue weighted by atomic mass is 15.1. The number of hydrogen-bond donors (Lipinski definition) is 1. The van der Waals surface area contributed by atoms with Gasteiger partial charge in [-0.3, -0.25) is 0 Å². The van der Waals surface area contributed by atoms with Crippen molar-refractivity contribution < 1.29 is 0 Å². The fraction of sp³-hybridized carbons (Fsp3) is 0.625. The monoisotopic (exact) mass is 246 g/mol. The van der Waals surface area contributed by atoms with Gasteiger partial charge in [-0.15, -0.1) is 0 Å². The van der Waals surface area contributed by atoms with Gasteiger partial charge in [0.1, 0.15) is 0 Å². The third-order valence-corrected chi connectivity index (χ3v) is 4.09. The first-order valence-corrected chi connectivity index (χ1v) is 7.30. The molecule has 1 saturated heterocycles. The van der Waals surface area contributed by atoms with Crippen LogP contribution in [0.25, 0.3) is 0 Å². The highest BCUT2D eigenvalue weighted by Gasteiger charge is 2.22. The molecule has 0 amide bonds. The Kier molecular flexibility index (Phi) is 4.65. The molecule has 1 heterocycles. The standard InChI is InChI=1S/C16H26N2/c1-3-4-5-14-6-8-15(9-7-14)18-11-10-16(17)13(2)12-18/h6-9,13,16H,3-5,10-12,17H2,1-2H3. The van der Waals surface area contributed by atoms with E-state index in [9.17, 15) is 0 Å². The number of anilines is 1. The van der Waals surface area contributed by atoms with Crippen molar-refractivity contribution >= 4 is 5.69 Å². The van der Waals surface area contributed by atoms with Crippen LogP contribution in [0.3, 0.4) is 0 Å². The summed E-state index contributed by atoms with van der Waals surface area (Å²) >= 11 is 0. The molecule has 1 fully saturated rings. The first kappa shape index (κ1) is 13.4. The highest BCUT2D eigenvalue weighted by molar-refractivity contribution is 5.48. The molecular formula is C16H26N2. The van der Waals surface area contributed by atoms with Gasteiger partial charge in [-0.05, 0) is 42.9 Å². The SMILES string of the molecule is CCCCc1ccc(N2CCC(N)C(C)C2)cc1. The number of piperidine rings is 1. The van der Waals surface area contributed by atoms with Gasteiger partial charge >= 0.3 is 0 Å². The third kappa shape index (κ3) is 3.26. The summed E-state index contributed by atoms with van der Waals surface area (Å²) in [4.78, 5) is 2.47. The van der Waals surface area contributed by atoms with Crippen molar-refractivity contribution in [3.05, 3.63) is 29.8 Å². The van der Waals surface area contributed by atoms with Crippen LogP contribution in [0.2, 0.25) is 0 Å². The number of nitrogens with two attached hydrogens (primary N) is 1. The molecule has 0 aliphatic carbocycles. The molecule has 2 unspecified atom stereocenters. The molecule has 1 aliphatic rings. The molecule has 0 radical (unpaired) electrons. The lowest BCUT2D eigenvalue weighted by Gasteiger charge is -2.36. The molecule has 2 nitrogen and oxygen atoms in total. The van der Waals surface area contributed by atoms with Crippen LogP contribution in [0.15, 0.2) is 24.3 Å². The Labute approximate surface area is 111 Å². The molecule has 1 aromatic carbocycles. The third-order valence-electron chi connectivity index (χ3n) is 4.09. The van der Waals surface area contributed by atoms with E-state index in [1.807, 2.05) is 0 Å². The number of unbranched alkanes of at least 4 members (excludes halogenated alkanes) is 1. The molecule has 1 aromatic rings. The number of nitrogens with zero attached hydrogens (tertiary/aromatic N) is 1. The van der Waals surface area contributed by atoms with E-state index in [1.165, 1.54) is 30.5 Å². The smallest absolute Gasteiger partial charge is 0.0366 e. The zero-order chi connectivity index (χ0) is 13.0. The molecule has 0 bridgehead atoms. The second kappa shape index (κ2) is 6.24. The van der Waals surface area contributed by atoms with Crippen LogP contribution in [0.1, 0.15) is 38.7 Å². The van der Waals surface area contributed by atoms with Crippen LogP contribution in [-0.4, -0.2) is 19.1 Å². The van der Waals surface area contributed by atoms with E-state index in [4.69, 9.17) is 5.73 Å². The van der Waals surface area contributed by atoms with Gasteiger partial charge in [-0.2, -0.15) is 0 Å². The van der Waals surface area contributed by atoms with E-state index in [-0.39, 0.29) is 0 Å². The first-order chi connectivity index (χ1) is 8.70. The van der Waals surface area contributed by atoms with Gasteiger partial charge in [-0.25, -0.2) is 0 Å². The minimum Gasteiger partial charge on any atom is -0.371 e. The minimum atomic E-state index is 0.380. The molecule has 0 aromatic heterocycles.